The van der Waals surface area contributed by atoms with Crippen LogP contribution in [0.1, 0.15) is 23.5 Å². The molecule has 1 aliphatic rings. The van der Waals surface area contributed by atoms with Crippen LogP contribution in [-0.2, 0) is 9.53 Å². The summed E-state index contributed by atoms with van der Waals surface area (Å²) >= 11 is 0. The van der Waals surface area contributed by atoms with E-state index >= 15 is 0 Å². The molecule has 2 aromatic rings. The quantitative estimate of drug-likeness (QED) is 0.866. The average molecular weight is 267 g/mol. The fourth-order valence-corrected chi connectivity index (χ4v) is 2.81. The first-order chi connectivity index (χ1) is 9.81. The van der Waals surface area contributed by atoms with Crippen molar-refractivity contribution in [2.45, 2.75) is 12.3 Å². The molecular weight excluding hydrogens is 250 g/mol. The Balaban J connectivity index is 1.89. The largest absolute Gasteiger partial charge is 0.465 e. The Morgan fingerprint density at radius 1 is 1.00 bits per heavy atom. The molecule has 102 valence electrons. The van der Waals surface area contributed by atoms with E-state index in [1.54, 1.807) is 0 Å². The van der Waals surface area contributed by atoms with Crippen molar-refractivity contribution in [1.82, 2.24) is 0 Å². The van der Waals surface area contributed by atoms with Gasteiger partial charge in [-0.05, 0) is 22.3 Å². The third-order valence-corrected chi connectivity index (χ3v) is 3.72. The minimum atomic E-state index is -0.227. The standard InChI is InChI=1S/C17H17NO2/c18-10-9-17(19)20-11-16-14-7-3-1-5-12(14)13-6-2-4-8-15(13)16/h1-8,16H,9-11,18H2. The molecule has 2 N–H and O–H groups in total. The summed E-state index contributed by atoms with van der Waals surface area (Å²) in [5, 5.41) is 0. The lowest BCUT2D eigenvalue weighted by molar-refractivity contribution is -0.143. The highest BCUT2D eigenvalue weighted by Crippen LogP contribution is 2.44. The van der Waals surface area contributed by atoms with E-state index in [0.29, 0.717) is 13.2 Å². The van der Waals surface area contributed by atoms with Crippen molar-refractivity contribution in [3.63, 3.8) is 0 Å². The third-order valence-electron chi connectivity index (χ3n) is 3.72. The zero-order valence-corrected chi connectivity index (χ0v) is 11.2. The summed E-state index contributed by atoms with van der Waals surface area (Å²) in [6.07, 6.45) is 0.274. The molecule has 0 fully saturated rings. The van der Waals surface area contributed by atoms with Crippen LogP contribution in [0.2, 0.25) is 0 Å². The molecule has 0 aromatic heterocycles. The summed E-state index contributed by atoms with van der Waals surface area (Å²) in [5.74, 6) is -0.0986. The number of carbonyl (C=O) groups is 1. The van der Waals surface area contributed by atoms with Crippen molar-refractivity contribution in [2.24, 2.45) is 5.73 Å². The maximum absolute atomic E-state index is 11.5. The Morgan fingerprint density at radius 2 is 1.55 bits per heavy atom. The third kappa shape index (κ3) is 2.21. The van der Waals surface area contributed by atoms with E-state index in [-0.39, 0.29) is 18.3 Å². The monoisotopic (exact) mass is 267 g/mol. The van der Waals surface area contributed by atoms with Crippen LogP contribution in [0.5, 0.6) is 0 Å². The Labute approximate surface area is 118 Å². The van der Waals surface area contributed by atoms with E-state index in [2.05, 4.69) is 24.3 Å². The second-order valence-electron chi connectivity index (χ2n) is 4.95. The summed E-state index contributed by atoms with van der Waals surface area (Å²) in [4.78, 5) is 11.5. The molecule has 1 aliphatic carbocycles. The van der Waals surface area contributed by atoms with Gasteiger partial charge in [-0.1, -0.05) is 48.5 Å². The van der Waals surface area contributed by atoms with Crippen LogP contribution < -0.4 is 5.73 Å². The topological polar surface area (TPSA) is 52.3 Å². The van der Waals surface area contributed by atoms with Crippen molar-refractivity contribution < 1.29 is 9.53 Å². The summed E-state index contributed by atoms with van der Waals surface area (Å²) in [6, 6.07) is 16.6. The molecule has 20 heavy (non-hydrogen) atoms. The molecule has 2 aromatic carbocycles. The summed E-state index contributed by atoms with van der Waals surface area (Å²) in [7, 11) is 0. The molecule has 0 saturated carbocycles. The fourth-order valence-electron chi connectivity index (χ4n) is 2.81. The van der Waals surface area contributed by atoms with Crippen molar-refractivity contribution in [3.8, 4) is 11.1 Å². The molecule has 3 nitrogen and oxygen atoms in total. The van der Waals surface area contributed by atoms with Crippen molar-refractivity contribution in [3.05, 3.63) is 59.7 Å². The normalized spacial score (nSPS) is 12.8. The molecule has 0 atom stereocenters. The zero-order valence-electron chi connectivity index (χ0n) is 11.2. The molecule has 0 amide bonds. The van der Waals surface area contributed by atoms with Gasteiger partial charge in [0.05, 0.1) is 6.42 Å². The Bertz CT molecular complexity index is 591. The van der Waals surface area contributed by atoms with Crippen molar-refractivity contribution >= 4 is 5.97 Å². The number of rotatable bonds is 4. The van der Waals surface area contributed by atoms with Gasteiger partial charge in [0.15, 0.2) is 0 Å². The summed E-state index contributed by atoms with van der Waals surface area (Å²) in [6.45, 7) is 0.712. The average Bonchev–Trinajstić information content (AvgIpc) is 2.80. The Kier molecular flexibility index (Phi) is 3.52. The molecule has 0 unspecified atom stereocenters. The molecule has 0 heterocycles. The van der Waals surface area contributed by atoms with E-state index < -0.39 is 0 Å². The first-order valence-electron chi connectivity index (χ1n) is 6.85. The maximum atomic E-state index is 11.5. The summed E-state index contributed by atoms with van der Waals surface area (Å²) in [5.41, 5.74) is 10.3. The van der Waals surface area contributed by atoms with E-state index in [1.165, 1.54) is 22.3 Å². The van der Waals surface area contributed by atoms with Crippen LogP contribution >= 0.6 is 0 Å². The highest BCUT2D eigenvalue weighted by atomic mass is 16.5. The predicted octanol–water partition coefficient (Wildman–Crippen LogP) is 2.69. The van der Waals surface area contributed by atoms with Gasteiger partial charge < -0.3 is 10.5 Å². The van der Waals surface area contributed by atoms with Gasteiger partial charge in [-0.2, -0.15) is 0 Å². The first-order valence-corrected chi connectivity index (χ1v) is 6.85. The highest BCUT2D eigenvalue weighted by Gasteiger charge is 2.28. The van der Waals surface area contributed by atoms with Gasteiger partial charge >= 0.3 is 5.97 Å². The Hall–Kier alpha value is -2.13. The van der Waals surface area contributed by atoms with E-state index in [9.17, 15) is 4.79 Å². The van der Waals surface area contributed by atoms with Gasteiger partial charge in [0, 0.05) is 12.5 Å². The van der Waals surface area contributed by atoms with Crippen molar-refractivity contribution in [2.75, 3.05) is 13.2 Å². The smallest absolute Gasteiger partial charge is 0.307 e. The number of benzene rings is 2. The fraction of sp³-hybridized carbons (Fsp3) is 0.235. The van der Waals surface area contributed by atoms with Crippen LogP contribution in [0.4, 0.5) is 0 Å². The van der Waals surface area contributed by atoms with Crippen molar-refractivity contribution in [1.29, 1.82) is 0 Å². The van der Waals surface area contributed by atoms with Gasteiger partial charge in [0.25, 0.3) is 0 Å². The van der Waals surface area contributed by atoms with Crippen LogP contribution in [0.15, 0.2) is 48.5 Å². The number of nitrogens with two attached hydrogens (primary N) is 1. The van der Waals surface area contributed by atoms with Gasteiger partial charge in [-0.25, -0.2) is 0 Å². The number of ether oxygens (including phenoxy) is 1. The lowest BCUT2D eigenvalue weighted by Crippen LogP contribution is -2.15. The molecule has 3 rings (SSSR count). The van der Waals surface area contributed by atoms with Crippen LogP contribution in [-0.4, -0.2) is 19.1 Å². The second-order valence-corrected chi connectivity index (χ2v) is 4.95. The van der Waals surface area contributed by atoms with Gasteiger partial charge in [-0.15, -0.1) is 0 Å². The molecule has 3 heteroatoms. The first kappa shape index (κ1) is 12.9. The van der Waals surface area contributed by atoms with E-state index in [0.717, 1.165) is 0 Å². The minimum Gasteiger partial charge on any atom is -0.465 e. The maximum Gasteiger partial charge on any atom is 0.307 e. The molecular formula is C17H17NO2. The second kappa shape index (κ2) is 5.47. The van der Waals surface area contributed by atoms with Gasteiger partial charge in [0.2, 0.25) is 0 Å². The molecule has 0 spiro atoms. The Morgan fingerprint density at radius 3 is 2.10 bits per heavy atom. The van der Waals surface area contributed by atoms with Crippen LogP contribution in [0.3, 0.4) is 0 Å². The molecule has 0 saturated heterocycles. The highest BCUT2D eigenvalue weighted by molar-refractivity contribution is 5.79. The number of esters is 1. The summed E-state index contributed by atoms with van der Waals surface area (Å²) < 4.78 is 5.36. The minimum absolute atomic E-state index is 0.129. The molecule has 0 bridgehead atoms. The van der Waals surface area contributed by atoms with Crippen LogP contribution in [0.25, 0.3) is 11.1 Å². The number of hydrogen-bond donors (Lipinski definition) is 1. The van der Waals surface area contributed by atoms with Crippen LogP contribution in [0, 0.1) is 0 Å². The van der Waals surface area contributed by atoms with Gasteiger partial charge in [0.1, 0.15) is 6.61 Å². The number of carbonyl (C=O) groups excluding carboxylic acids is 1. The molecule has 0 aliphatic heterocycles. The lowest BCUT2D eigenvalue weighted by atomic mass is 9.98. The zero-order chi connectivity index (χ0) is 13.9. The number of fused-ring (bicyclic) bond motifs is 3. The van der Waals surface area contributed by atoms with E-state index in [4.69, 9.17) is 10.5 Å². The molecule has 0 radical (unpaired) electrons. The SMILES string of the molecule is NCCC(=O)OCC1c2ccccc2-c2ccccc21. The lowest BCUT2D eigenvalue weighted by Gasteiger charge is -2.13. The number of hydrogen-bond acceptors (Lipinski definition) is 3. The predicted molar refractivity (Wildman–Crippen MR) is 78.4 cm³/mol. The van der Waals surface area contributed by atoms with E-state index in [1.807, 2.05) is 24.3 Å². The van der Waals surface area contributed by atoms with Gasteiger partial charge in [-0.3, -0.25) is 4.79 Å².